The van der Waals surface area contributed by atoms with Crippen LogP contribution in [0.1, 0.15) is 30.9 Å². The highest BCUT2D eigenvalue weighted by molar-refractivity contribution is 8.14. The summed E-state index contributed by atoms with van der Waals surface area (Å²) in [5.41, 5.74) is 8.15. The van der Waals surface area contributed by atoms with E-state index in [-0.39, 0.29) is 54.5 Å². The molecule has 2 aromatic rings. The highest BCUT2D eigenvalue weighted by Gasteiger charge is 2.42. The zero-order valence-electron chi connectivity index (χ0n) is 20.0. The third kappa shape index (κ3) is 5.71. The molecular formula is C25H26FN7O3S. The van der Waals surface area contributed by atoms with Crippen molar-refractivity contribution in [3.8, 4) is 0 Å². The zero-order valence-corrected chi connectivity index (χ0v) is 20.8. The van der Waals surface area contributed by atoms with Crippen molar-refractivity contribution < 1.29 is 18.8 Å². The van der Waals surface area contributed by atoms with Crippen molar-refractivity contribution in [1.82, 2.24) is 26.4 Å². The summed E-state index contributed by atoms with van der Waals surface area (Å²) in [5, 5.41) is 6.01. The van der Waals surface area contributed by atoms with Crippen molar-refractivity contribution in [2.75, 3.05) is 5.75 Å². The van der Waals surface area contributed by atoms with Gasteiger partial charge >= 0.3 is 0 Å². The van der Waals surface area contributed by atoms with E-state index in [0.29, 0.717) is 22.3 Å². The number of rotatable bonds is 7. The van der Waals surface area contributed by atoms with Crippen molar-refractivity contribution in [2.45, 2.75) is 44.6 Å². The third-order valence-electron chi connectivity index (χ3n) is 6.09. The molecule has 3 aliphatic heterocycles. The van der Waals surface area contributed by atoms with E-state index < -0.39 is 6.04 Å². The van der Waals surface area contributed by atoms with Gasteiger partial charge in [-0.25, -0.2) is 19.7 Å². The van der Waals surface area contributed by atoms with Crippen molar-refractivity contribution in [3.63, 3.8) is 0 Å². The predicted molar refractivity (Wildman–Crippen MR) is 138 cm³/mol. The number of amidine groups is 2. The Balaban J connectivity index is 1.25. The number of fused-ring (bicyclic) bond motifs is 3. The van der Waals surface area contributed by atoms with Gasteiger partial charge < -0.3 is 10.6 Å². The Labute approximate surface area is 217 Å². The number of hydrazine groups is 1. The van der Waals surface area contributed by atoms with Gasteiger partial charge in [0.15, 0.2) is 5.17 Å². The van der Waals surface area contributed by atoms with Gasteiger partial charge in [0, 0.05) is 18.2 Å². The molecule has 0 bridgehead atoms. The van der Waals surface area contributed by atoms with E-state index in [1.54, 1.807) is 12.1 Å². The maximum atomic E-state index is 13.3. The minimum atomic E-state index is -0.913. The summed E-state index contributed by atoms with van der Waals surface area (Å²) in [6, 6.07) is 12.5. The highest BCUT2D eigenvalue weighted by Crippen LogP contribution is 2.34. The van der Waals surface area contributed by atoms with Gasteiger partial charge in [0.25, 0.3) is 5.91 Å². The SMILES string of the molecule is CC1CC(NC(=O)CSC2=Nc3ccccc3C3=NC(CC(=O)NCc4ccc(F)cc4)C(=O)N23)NN1. The number of halogens is 1. The number of hydrogen-bond acceptors (Lipinski definition) is 8. The van der Waals surface area contributed by atoms with Crippen molar-refractivity contribution in [3.05, 3.63) is 65.5 Å². The first-order valence-electron chi connectivity index (χ1n) is 11.9. The van der Waals surface area contributed by atoms with Crippen LogP contribution in [0.25, 0.3) is 0 Å². The summed E-state index contributed by atoms with van der Waals surface area (Å²) in [6.45, 7) is 2.23. The maximum Gasteiger partial charge on any atom is 0.259 e. The molecule has 3 unspecified atom stereocenters. The van der Waals surface area contributed by atoms with Crippen LogP contribution in [0.2, 0.25) is 0 Å². The van der Waals surface area contributed by atoms with Crippen LogP contribution in [0.5, 0.6) is 0 Å². The Morgan fingerprint density at radius 1 is 1.14 bits per heavy atom. The number of nitrogens with zero attached hydrogens (tertiary/aromatic N) is 3. The fraction of sp³-hybridized carbons (Fsp3) is 0.320. The van der Waals surface area contributed by atoms with Gasteiger partial charge in [-0.05, 0) is 43.2 Å². The molecule has 10 nitrogen and oxygen atoms in total. The molecule has 1 saturated heterocycles. The van der Waals surface area contributed by atoms with Crippen molar-refractivity contribution >= 4 is 46.2 Å². The molecule has 0 spiro atoms. The molecule has 5 rings (SSSR count). The average Bonchev–Trinajstić information content (AvgIpc) is 3.44. The standard InChI is InChI=1S/C25H26FN7O3S/c1-14-10-20(32-31-14)30-22(35)13-37-25-29-18-5-3-2-4-17(18)23-28-19(24(36)33(23)25)11-21(34)27-12-15-6-8-16(26)9-7-15/h2-9,14,19-20,31-32H,10-13H2,1H3,(H,27,34)(H,30,35). The summed E-state index contributed by atoms with van der Waals surface area (Å²) in [7, 11) is 0. The van der Waals surface area contributed by atoms with Crippen LogP contribution >= 0.6 is 11.8 Å². The monoisotopic (exact) mass is 523 g/mol. The molecule has 3 amide bonds. The van der Waals surface area contributed by atoms with Crippen LogP contribution in [0, 0.1) is 5.82 Å². The molecular weight excluding hydrogens is 497 g/mol. The third-order valence-corrected chi connectivity index (χ3v) is 7.03. The molecule has 12 heteroatoms. The Hall–Kier alpha value is -3.61. The van der Waals surface area contributed by atoms with E-state index in [0.717, 1.165) is 23.7 Å². The summed E-state index contributed by atoms with van der Waals surface area (Å²) in [4.78, 5) is 49.1. The Bertz CT molecular complexity index is 1280. The van der Waals surface area contributed by atoms with E-state index in [9.17, 15) is 18.8 Å². The number of para-hydroxylation sites is 1. The summed E-state index contributed by atoms with van der Waals surface area (Å²) in [6.07, 6.45) is 0.455. The molecule has 0 aromatic heterocycles. The predicted octanol–water partition coefficient (Wildman–Crippen LogP) is 1.55. The van der Waals surface area contributed by atoms with E-state index in [4.69, 9.17) is 0 Å². The van der Waals surface area contributed by atoms with Crippen LogP contribution < -0.4 is 21.5 Å². The van der Waals surface area contributed by atoms with Gasteiger partial charge in [0.2, 0.25) is 11.8 Å². The van der Waals surface area contributed by atoms with Gasteiger partial charge in [-0.1, -0.05) is 36.0 Å². The molecule has 4 N–H and O–H groups in total. The lowest BCUT2D eigenvalue weighted by atomic mass is 10.1. The molecule has 37 heavy (non-hydrogen) atoms. The van der Waals surface area contributed by atoms with E-state index >= 15 is 0 Å². The number of amides is 3. The second-order valence-corrected chi connectivity index (χ2v) is 9.94. The first-order valence-corrected chi connectivity index (χ1v) is 12.9. The fourth-order valence-electron chi connectivity index (χ4n) is 4.26. The quantitative estimate of drug-likeness (QED) is 0.436. The largest absolute Gasteiger partial charge is 0.352 e. The lowest BCUT2D eigenvalue weighted by Crippen LogP contribution is -2.46. The molecule has 0 saturated carbocycles. The van der Waals surface area contributed by atoms with E-state index in [1.807, 2.05) is 31.2 Å². The second kappa shape index (κ2) is 10.8. The zero-order chi connectivity index (χ0) is 25.9. The summed E-state index contributed by atoms with van der Waals surface area (Å²) < 4.78 is 13.1. The van der Waals surface area contributed by atoms with Gasteiger partial charge in [0.05, 0.1) is 24.0 Å². The maximum absolute atomic E-state index is 13.3. The van der Waals surface area contributed by atoms with Crippen LogP contribution in [0.3, 0.4) is 0 Å². The topological polar surface area (TPSA) is 127 Å². The molecule has 1 fully saturated rings. The number of hydrogen-bond donors (Lipinski definition) is 4. The summed E-state index contributed by atoms with van der Waals surface area (Å²) >= 11 is 1.15. The van der Waals surface area contributed by atoms with Crippen LogP contribution in [0.15, 0.2) is 58.5 Å². The van der Waals surface area contributed by atoms with Crippen molar-refractivity contribution in [2.24, 2.45) is 9.98 Å². The highest BCUT2D eigenvalue weighted by atomic mass is 32.2. The fourth-order valence-corrected chi connectivity index (χ4v) is 5.07. The van der Waals surface area contributed by atoms with E-state index in [1.165, 1.54) is 17.0 Å². The average molecular weight is 524 g/mol. The minimum absolute atomic E-state index is 0.0629. The summed E-state index contributed by atoms with van der Waals surface area (Å²) in [5.74, 6) is -0.782. The Morgan fingerprint density at radius 3 is 2.68 bits per heavy atom. The molecule has 0 radical (unpaired) electrons. The Morgan fingerprint density at radius 2 is 1.92 bits per heavy atom. The lowest BCUT2D eigenvalue weighted by Gasteiger charge is -2.25. The number of thioether (sulfide) groups is 1. The number of benzene rings is 2. The van der Waals surface area contributed by atoms with Gasteiger partial charge in [-0.2, -0.15) is 0 Å². The lowest BCUT2D eigenvalue weighted by molar-refractivity contribution is -0.128. The number of carbonyl (C=O) groups excluding carboxylic acids is 3. The molecule has 192 valence electrons. The van der Waals surface area contributed by atoms with Crippen LogP contribution in [-0.2, 0) is 20.9 Å². The van der Waals surface area contributed by atoms with Gasteiger partial charge in [0.1, 0.15) is 17.7 Å². The second-order valence-electron chi connectivity index (χ2n) is 9.00. The number of nitrogens with one attached hydrogen (secondary N) is 4. The number of carbonyl (C=O) groups is 3. The van der Waals surface area contributed by atoms with Gasteiger partial charge in [-0.3, -0.25) is 24.8 Å². The molecule has 3 aliphatic rings. The Kier molecular flexibility index (Phi) is 7.31. The first kappa shape index (κ1) is 25.1. The molecule has 0 aliphatic carbocycles. The first-order chi connectivity index (χ1) is 17.9. The molecule has 3 heterocycles. The minimum Gasteiger partial charge on any atom is -0.352 e. The molecule has 3 atom stereocenters. The molecule has 2 aromatic carbocycles. The van der Waals surface area contributed by atoms with E-state index in [2.05, 4.69) is 31.5 Å². The van der Waals surface area contributed by atoms with Crippen LogP contribution in [0.4, 0.5) is 10.1 Å². The number of aliphatic imine (C=N–C) groups is 2. The van der Waals surface area contributed by atoms with Gasteiger partial charge in [-0.15, -0.1) is 0 Å². The normalized spacial score (nSPS) is 22.2. The van der Waals surface area contributed by atoms with Crippen molar-refractivity contribution in [1.29, 1.82) is 0 Å². The van der Waals surface area contributed by atoms with Crippen LogP contribution in [-0.4, -0.2) is 57.6 Å². The smallest absolute Gasteiger partial charge is 0.259 e.